The van der Waals surface area contributed by atoms with Crippen LogP contribution in [0.5, 0.6) is 0 Å². The Balaban J connectivity index is 2.78. The summed E-state index contributed by atoms with van der Waals surface area (Å²) in [6, 6.07) is 9.98. The largest absolute Gasteiger partial charge is 0.493 e. The zero-order chi connectivity index (χ0) is 10.2. The van der Waals surface area contributed by atoms with Crippen molar-refractivity contribution in [3.63, 3.8) is 0 Å². The smallest absolute Gasteiger partial charge is 0.126 e. The van der Waals surface area contributed by atoms with E-state index in [0.717, 1.165) is 17.7 Å². The summed E-state index contributed by atoms with van der Waals surface area (Å²) in [7, 11) is 0. The molecule has 1 rings (SSSR count). The van der Waals surface area contributed by atoms with Gasteiger partial charge in [-0.1, -0.05) is 43.0 Å². The molecule has 1 aromatic rings. The molecule has 14 heavy (non-hydrogen) atoms. The molecule has 1 heteroatoms. The molecule has 0 saturated heterocycles. The first-order valence-electron chi connectivity index (χ1n) is 4.68. The molecular formula is C13H15O. The van der Waals surface area contributed by atoms with E-state index >= 15 is 0 Å². The minimum Gasteiger partial charge on any atom is -0.493 e. The van der Waals surface area contributed by atoms with E-state index in [1.54, 1.807) is 6.08 Å². The molecular weight excluding hydrogens is 172 g/mol. The van der Waals surface area contributed by atoms with E-state index in [2.05, 4.69) is 13.5 Å². The van der Waals surface area contributed by atoms with Crippen LogP contribution in [0.15, 0.2) is 49.1 Å². The van der Waals surface area contributed by atoms with Crippen LogP contribution in [-0.2, 0) is 4.74 Å². The van der Waals surface area contributed by atoms with Crippen LogP contribution in [0.4, 0.5) is 0 Å². The quantitative estimate of drug-likeness (QED) is 0.506. The second kappa shape index (κ2) is 6.03. The molecule has 0 heterocycles. The molecule has 0 aliphatic carbocycles. The Labute approximate surface area is 85.7 Å². The predicted octanol–water partition coefficient (Wildman–Crippen LogP) is 3.45. The van der Waals surface area contributed by atoms with Crippen molar-refractivity contribution in [1.29, 1.82) is 0 Å². The number of rotatable bonds is 5. The molecule has 0 spiro atoms. The van der Waals surface area contributed by atoms with Crippen LogP contribution in [0.2, 0.25) is 0 Å². The highest BCUT2D eigenvalue weighted by Crippen LogP contribution is 2.15. The lowest BCUT2D eigenvalue weighted by Crippen LogP contribution is -1.93. The van der Waals surface area contributed by atoms with Gasteiger partial charge in [-0.05, 0) is 19.4 Å². The van der Waals surface area contributed by atoms with Gasteiger partial charge in [0.1, 0.15) is 5.76 Å². The van der Waals surface area contributed by atoms with Crippen molar-refractivity contribution >= 4 is 5.76 Å². The summed E-state index contributed by atoms with van der Waals surface area (Å²) >= 11 is 0. The van der Waals surface area contributed by atoms with E-state index in [4.69, 9.17) is 4.74 Å². The van der Waals surface area contributed by atoms with Gasteiger partial charge in [-0.3, -0.25) is 0 Å². The summed E-state index contributed by atoms with van der Waals surface area (Å²) in [6.45, 7) is 8.03. The molecule has 0 saturated carbocycles. The van der Waals surface area contributed by atoms with Crippen LogP contribution in [0.3, 0.4) is 0 Å². The molecule has 0 bridgehead atoms. The normalized spacial score (nSPS) is 11.1. The number of allylic oxidation sites excluding steroid dienone is 2. The fraction of sp³-hybridized carbons (Fsp3) is 0.154. The van der Waals surface area contributed by atoms with Gasteiger partial charge in [0.15, 0.2) is 0 Å². The predicted molar refractivity (Wildman–Crippen MR) is 60.5 cm³/mol. The third-order valence-electron chi connectivity index (χ3n) is 1.73. The zero-order valence-electron chi connectivity index (χ0n) is 8.28. The van der Waals surface area contributed by atoms with Gasteiger partial charge in [0.25, 0.3) is 0 Å². The maximum atomic E-state index is 5.55. The Morgan fingerprint density at radius 2 is 2.00 bits per heavy atom. The Morgan fingerprint density at radius 3 is 2.57 bits per heavy atom. The van der Waals surface area contributed by atoms with E-state index in [9.17, 15) is 0 Å². The fourth-order valence-electron chi connectivity index (χ4n) is 1.12. The molecule has 0 aromatic heterocycles. The molecule has 0 amide bonds. The van der Waals surface area contributed by atoms with Crippen molar-refractivity contribution in [3.8, 4) is 0 Å². The summed E-state index contributed by atoms with van der Waals surface area (Å²) in [4.78, 5) is 0. The van der Waals surface area contributed by atoms with E-state index in [1.165, 1.54) is 0 Å². The average Bonchev–Trinajstić information content (AvgIpc) is 2.25. The highest BCUT2D eigenvalue weighted by atomic mass is 16.5. The number of hydrogen-bond donors (Lipinski definition) is 0. The Hall–Kier alpha value is -1.50. The highest BCUT2D eigenvalue weighted by molar-refractivity contribution is 5.61. The number of benzene rings is 1. The Morgan fingerprint density at radius 1 is 1.29 bits per heavy atom. The van der Waals surface area contributed by atoms with Gasteiger partial charge in [-0.25, -0.2) is 0 Å². The van der Waals surface area contributed by atoms with Crippen molar-refractivity contribution in [3.05, 3.63) is 61.5 Å². The SMILES string of the molecule is [CH2]CCOC(=CC=C)c1ccccc1. The standard InChI is InChI=1S/C13H15O/c1-3-8-13(14-11-4-2)12-9-6-5-7-10-12/h3,5-10H,1-2,4,11H2. The summed E-state index contributed by atoms with van der Waals surface area (Å²) in [5.74, 6) is 0.851. The van der Waals surface area contributed by atoms with Gasteiger partial charge in [-0.15, -0.1) is 0 Å². The third-order valence-corrected chi connectivity index (χ3v) is 1.73. The van der Waals surface area contributed by atoms with E-state index in [1.807, 2.05) is 36.4 Å². The van der Waals surface area contributed by atoms with E-state index in [0.29, 0.717) is 6.61 Å². The van der Waals surface area contributed by atoms with Crippen LogP contribution in [0.1, 0.15) is 12.0 Å². The molecule has 0 aliphatic rings. The second-order valence-electron chi connectivity index (χ2n) is 2.83. The highest BCUT2D eigenvalue weighted by Gasteiger charge is 1.99. The number of hydrogen-bond acceptors (Lipinski definition) is 1. The van der Waals surface area contributed by atoms with Crippen LogP contribution in [-0.4, -0.2) is 6.61 Å². The average molecular weight is 187 g/mol. The first kappa shape index (κ1) is 10.6. The van der Waals surface area contributed by atoms with Crippen LogP contribution < -0.4 is 0 Å². The first-order valence-corrected chi connectivity index (χ1v) is 4.68. The van der Waals surface area contributed by atoms with Crippen molar-refractivity contribution in [2.24, 2.45) is 0 Å². The summed E-state index contributed by atoms with van der Waals surface area (Å²) in [6.07, 6.45) is 4.36. The molecule has 1 radical (unpaired) electrons. The molecule has 0 atom stereocenters. The second-order valence-corrected chi connectivity index (χ2v) is 2.83. The Bertz CT molecular complexity index is 298. The topological polar surface area (TPSA) is 9.23 Å². The number of ether oxygens (including phenoxy) is 1. The lowest BCUT2D eigenvalue weighted by Gasteiger charge is -2.08. The molecule has 0 N–H and O–H groups in total. The van der Waals surface area contributed by atoms with Crippen LogP contribution >= 0.6 is 0 Å². The minimum atomic E-state index is 0.633. The lowest BCUT2D eigenvalue weighted by molar-refractivity contribution is 0.283. The third kappa shape index (κ3) is 3.09. The molecule has 0 unspecified atom stereocenters. The summed E-state index contributed by atoms with van der Waals surface area (Å²) < 4.78 is 5.55. The van der Waals surface area contributed by atoms with Crippen molar-refractivity contribution < 1.29 is 4.74 Å². The van der Waals surface area contributed by atoms with E-state index in [-0.39, 0.29) is 0 Å². The Kier molecular flexibility index (Phi) is 4.56. The molecule has 73 valence electrons. The molecule has 1 aromatic carbocycles. The zero-order valence-corrected chi connectivity index (χ0v) is 8.28. The van der Waals surface area contributed by atoms with Crippen molar-refractivity contribution in [2.45, 2.75) is 6.42 Å². The van der Waals surface area contributed by atoms with E-state index < -0.39 is 0 Å². The van der Waals surface area contributed by atoms with Gasteiger partial charge in [0, 0.05) is 5.56 Å². The molecule has 1 nitrogen and oxygen atoms in total. The van der Waals surface area contributed by atoms with Gasteiger partial charge in [0.05, 0.1) is 6.61 Å². The van der Waals surface area contributed by atoms with Gasteiger partial charge >= 0.3 is 0 Å². The maximum Gasteiger partial charge on any atom is 0.126 e. The molecule has 0 aliphatic heterocycles. The minimum absolute atomic E-state index is 0.633. The summed E-state index contributed by atoms with van der Waals surface area (Å²) in [5, 5.41) is 0. The van der Waals surface area contributed by atoms with Crippen molar-refractivity contribution in [2.75, 3.05) is 6.61 Å². The molecule has 0 fully saturated rings. The van der Waals surface area contributed by atoms with Crippen LogP contribution in [0.25, 0.3) is 5.76 Å². The van der Waals surface area contributed by atoms with Gasteiger partial charge in [0.2, 0.25) is 0 Å². The summed E-state index contributed by atoms with van der Waals surface area (Å²) in [5.41, 5.74) is 1.07. The first-order chi connectivity index (χ1) is 6.88. The van der Waals surface area contributed by atoms with Crippen molar-refractivity contribution in [1.82, 2.24) is 0 Å². The monoisotopic (exact) mass is 187 g/mol. The maximum absolute atomic E-state index is 5.55. The lowest BCUT2D eigenvalue weighted by atomic mass is 10.2. The van der Waals surface area contributed by atoms with Crippen LogP contribution in [0, 0.1) is 6.92 Å². The van der Waals surface area contributed by atoms with Gasteiger partial charge in [-0.2, -0.15) is 0 Å². The van der Waals surface area contributed by atoms with Gasteiger partial charge < -0.3 is 4.74 Å². The fourth-order valence-corrected chi connectivity index (χ4v) is 1.12.